The number of thioether (sulfide) groups is 1. The van der Waals surface area contributed by atoms with E-state index >= 15 is 0 Å². The van der Waals surface area contributed by atoms with Crippen LogP contribution in [0, 0.1) is 0 Å². The van der Waals surface area contributed by atoms with Crippen molar-refractivity contribution >= 4 is 11.8 Å². The number of rotatable bonds is 0. The average Bonchev–Trinajstić information content (AvgIpc) is 2.33. The van der Waals surface area contributed by atoms with Crippen molar-refractivity contribution in [3.05, 3.63) is 12.3 Å². The summed E-state index contributed by atoms with van der Waals surface area (Å²) in [5.41, 5.74) is 0. The quantitative estimate of drug-likeness (QED) is 0.500. The van der Waals surface area contributed by atoms with Crippen molar-refractivity contribution in [2.75, 3.05) is 18.3 Å². The maximum absolute atomic E-state index is 2.38. The molecular weight excluding hydrogens is 132 g/mol. The van der Waals surface area contributed by atoms with E-state index in [0.717, 1.165) is 5.88 Å². The van der Waals surface area contributed by atoms with Crippen LogP contribution in [0.2, 0.25) is 0 Å². The molecule has 0 N–H and O–H groups in total. The minimum Gasteiger partial charge on any atom is -0.303 e. The predicted octanol–water partition coefficient (Wildman–Crippen LogP) is 1.08. The zero-order chi connectivity index (χ0) is 6.10. The predicted molar refractivity (Wildman–Crippen MR) is 39.6 cm³/mol. The second kappa shape index (κ2) is 2.23. The summed E-state index contributed by atoms with van der Waals surface area (Å²) in [6.45, 7) is 1.21. The lowest BCUT2D eigenvalue weighted by molar-refractivity contribution is 0.0724. The fraction of sp³-hybridized carbons (Fsp3) is 0.667. The highest BCUT2D eigenvalue weighted by Crippen LogP contribution is 2.22. The van der Waals surface area contributed by atoms with Crippen molar-refractivity contribution in [2.45, 2.75) is 6.42 Å². The molecule has 2 rings (SSSR count). The first-order chi connectivity index (χ1) is 4.47. The van der Waals surface area contributed by atoms with E-state index in [9.17, 15) is 0 Å². The molecule has 2 nitrogen and oxygen atoms in total. The van der Waals surface area contributed by atoms with Crippen molar-refractivity contribution in [2.24, 2.45) is 0 Å². The summed E-state index contributed by atoms with van der Waals surface area (Å²) in [5.74, 6) is 2.33. The molecule has 0 atom stereocenters. The molecule has 0 unspecified atom stereocenters. The van der Waals surface area contributed by atoms with Gasteiger partial charge in [0.2, 0.25) is 0 Å². The molecule has 0 radical (unpaired) electrons. The molecule has 0 bridgehead atoms. The van der Waals surface area contributed by atoms with E-state index in [1.807, 2.05) is 11.8 Å². The van der Waals surface area contributed by atoms with Crippen LogP contribution in [0.1, 0.15) is 6.42 Å². The molecule has 3 heteroatoms. The number of hydrogen-bond acceptors (Lipinski definition) is 3. The van der Waals surface area contributed by atoms with Gasteiger partial charge in [-0.3, -0.25) is 0 Å². The van der Waals surface area contributed by atoms with E-state index in [2.05, 4.69) is 22.3 Å². The van der Waals surface area contributed by atoms with Gasteiger partial charge in [0.05, 0.1) is 11.8 Å². The van der Waals surface area contributed by atoms with Crippen LogP contribution in [0.5, 0.6) is 0 Å². The average molecular weight is 142 g/mol. The van der Waals surface area contributed by atoms with Crippen LogP contribution < -0.4 is 0 Å². The van der Waals surface area contributed by atoms with E-state index in [0.29, 0.717) is 0 Å². The molecule has 2 heterocycles. The molecule has 50 valence electrons. The Labute approximate surface area is 59.5 Å². The van der Waals surface area contributed by atoms with Gasteiger partial charge in [-0.1, -0.05) is 6.08 Å². The van der Waals surface area contributed by atoms with E-state index in [-0.39, 0.29) is 0 Å². The highest BCUT2D eigenvalue weighted by atomic mass is 32.2. The first-order valence-electron chi connectivity index (χ1n) is 3.23. The zero-order valence-electron chi connectivity index (χ0n) is 5.29. The van der Waals surface area contributed by atoms with Crippen LogP contribution in [-0.4, -0.2) is 28.3 Å². The van der Waals surface area contributed by atoms with Crippen molar-refractivity contribution in [1.29, 1.82) is 0 Å². The minimum atomic E-state index is 1.15. The third-order valence-electron chi connectivity index (χ3n) is 1.66. The standard InChI is InChI=1S/C6H10N2S/c1-2-4-8-6-9-5-7(8)3-1/h1,3H,2,4-6H2. The number of fused-ring (bicyclic) bond motifs is 1. The fourth-order valence-corrected chi connectivity index (χ4v) is 2.15. The van der Waals surface area contributed by atoms with Crippen molar-refractivity contribution in [1.82, 2.24) is 10.0 Å². The summed E-state index contributed by atoms with van der Waals surface area (Å²) in [7, 11) is 0. The van der Waals surface area contributed by atoms with Gasteiger partial charge in [-0.25, -0.2) is 5.01 Å². The topological polar surface area (TPSA) is 6.48 Å². The number of nitrogens with zero attached hydrogens (tertiary/aromatic N) is 2. The number of hydrogen-bond donors (Lipinski definition) is 0. The van der Waals surface area contributed by atoms with Gasteiger partial charge in [-0.15, -0.1) is 11.8 Å². The Morgan fingerprint density at radius 3 is 3.22 bits per heavy atom. The van der Waals surface area contributed by atoms with Gasteiger partial charge in [0.25, 0.3) is 0 Å². The van der Waals surface area contributed by atoms with E-state index in [1.165, 1.54) is 18.8 Å². The van der Waals surface area contributed by atoms with Gasteiger partial charge >= 0.3 is 0 Å². The molecule has 1 saturated heterocycles. The summed E-state index contributed by atoms with van der Waals surface area (Å²) < 4.78 is 0. The third-order valence-corrected chi connectivity index (χ3v) is 2.59. The molecule has 0 aromatic rings. The van der Waals surface area contributed by atoms with E-state index < -0.39 is 0 Å². The van der Waals surface area contributed by atoms with Crippen molar-refractivity contribution < 1.29 is 0 Å². The normalized spacial score (nSPS) is 26.9. The number of hydrazine groups is 1. The van der Waals surface area contributed by atoms with Crippen LogP contribution in [-0.2, 0) is 0 Å². The van der Waals surface area contributed by atoms with Crippen LogP contribution in [0.25, 0.3) is 0 Å². The Bertz CT molecular complexity index is 135. The van der Waals surface area contributed by atoms with Gasteiger partial charge in [0.15, 0.2) is 0 Å². The maximum Gasteiger partial charge on any atom is 0.0808 e. The molecule has 1 fully saturated rings. The van der Waals surface area contributed by atoms with Crippen LogP contribution in [0.4, 0.5) is 0 Å². The molecule has 0 aromatic heterocycles. The lowest BCUT2D eigenvalue weighted by Crippen LogP contribution is -2.35. The van der Waals surface area contributed by atoms with E-state index in [4.69, 9.17) is 0 Å². The largest absolute Gasteiger partial charge is 0.303 e. The summed E-state index contributed by atoms with van der Waals surface area (Å²) in [6.07, 6.45) is 5.64. The Morgan fingerprint density at radius 2 is 2.33 bits per heavy atom. The highest BCUT2D eigenvalue weighted by Gasteiger charge is 2.19. The Hall–Kier alpha value is -0.150. The molecule has 0 saturated carbocycles. The van der Waals surface area contributed by atoms with Crippen LogP contribution >= 0.6 is 11.8 Å². The molecule has 2 aliphatic rings. The second-order valence-corrected chi connectivity index (χ2v) is 3.23. The highest BCUT2D eigenvalue weighted by molar-refractivity contribution is 7.99. The van der Waals surface area contributed by atoms with Crippen molar-refractivity contribution in [3.8, 4) is 0 Å². The SMILES string of the molecule is C1=CN2CSCN2CC1. The molecule has 0 spiro atoms. The third kappa shape index (κ3) is 0.946. The Kier molecular flexibility index (Phi) is 1.39. The Balaban J connectivity index is 2.10. The van der Waals surface area contributed by atoms with Crippen LogP contribution in [0.3, 0.4) is 0 Å². The lowest BCUT2D eigenvalue weighted by atomic mass is 10.4. The molecule has 9 heavy (non-hydrogen) atoms. The molecular formula is C6H10N2S. The van der Waals surface area contributed by atoms with Gasteiger partial charge in [0, 0.05) is 12.7 Å². The molecule has 0 aromatic carbocycles. The van der Waals surface area contributed by atoms with E-state index in [1.54, 1.807) is 0 Å². The fourth-order valence-electron chi connectivity index (χ4n) is 1.15. The van der Waals surface area contributed by atoms with Crippen LogP contribution in [0.15, 0.2) is 12.3 Å². The summed E-state index contributed by atoms with van der Waals surface area (Å²) in [5, 5.41) is 4.67. The lowest BCUT2D eigenvalue weighted by Gasteiger charge is -2.27. The summed E-state index contributed by atoms with van der Waals surface area (Å²) in [4.78, 5) is 0. The first kappa shape index (κ1) is 5.62. The van der Waals surface area contributed by atoms with Gasteiger partial charge in [0.1, 0.15) is 0 Å². The van der Waals surface area contributed by atoms with Gasteiger partial charge in [-0.2, -0.15) is 0 Å². The summed E-state index contributed by atoms with van der Waals surface area (Å²) >= 11 is 1.98. The van der Waals surface area contributed by atoms with Gasteiger partial charge in [-0.05, 0) is 6.42 Å². The maximum atomic E-state index is 2.38. The zero-order valence-corrected chi connectivity index (χ0v) is 6.10. The smallest absolute Gasteiger partial charge is 0.0808 e. The summed E-state index contributed by atoms with van der Waals surface area (Å²) in [6, 6.07) is 0. The molecule has 0 aliphatic carbocycles. The monoisotopic (exact) mass is 142 g/mol. The molecule has 2 aliphatic heterocycles. The second-order valence-electron chi connectivity index (χ2n) is 2.31. The Morgan fingerprint density at radius 1 is 1.33 bits per heavy atom. The minimum absolute atomic E-state index is 1.15. The van der Waals surface area contributed by atoms with Crippen molar-refractivity contribution in [3.63, 3.8) is 0 Å². The molecule has 0 amide bonds. The van der Waals surface area contributed by atoms with Gasteiger partial charge < -0.3 is 5.01 Å². The first-order valence-corrected chi connectivity index (χ1v) is 4.38.